The number of benzene rings is 1. The molecule has 3 rings (SSSR count). The van der Waals surface area contributed by atoms with Gasteiger partial charge in [0.1, 0.15) is 10.3 Å². The topological polar surface area (TPSA) is 39.4 Å². The number of ether oxygens (including phenoxy) is 1. The Labute approximate surface area is 127 Å². The summed E-state index contributed by atoms with van der Waals surface area (Å²) >= 11 is 3.36. The minimum absolute atomic E-state index is 0.0860. The van der Waals surface area contributed by atoms with Crippen molar-refractivity contribution in [1.29, 1.82) is 0 Å². The average Bonchev–Trinajstić information content (AvgIpc) is 2.77. The van der Waals surface area contributed by atoms with Crippen molar-refractivity contribution in [3.63, 3.8) is 0 Å². The summed E-state index contributed by atoms with van der Waals surface area (Å²) < 4.78 is 34.3. The Hall–Kier alpha value is -2.02. The summed E-state index contributed by atoms with van der Waals surface area (Å²) in [7, 11) is 0. The molecule has 0 saturated heterocycles. The van der Waals surface area contributed by atoms with Gasteiger partial charge in [-0.05, 0) is 41.9 Å². The molecule has 4 nitrogen and oxygen atoms in total. The molecule has 0 aliphatic heterocycles. The van der Waals surface area contributed by atoms with Crippen molar-refractivity contribution in [3.05, 3.63) is 51.8 Å². The highest BCUT2D eigenvalue weighted by Gasteiger charge is 2.16. The number of nitrogens with zero attached hydrogens (tertiary/aromatic N) is 3. The van der Waals surface area contributed by atoms with E-state index in [4.69, 9.17) is 4.74 Å². The number of aryl methyl sites for hydroxylation is 2. The third-order valence-corrected chi connectivity index (χ3v) is 3.81. The third kappa shape index (κ3) is 2.49. The monoisotopic (exact) mass is 353 g/mol. The fourth-order valence-corrected chi connectivity index (χ4v) is 2.27. The summed E-state index contributed by atoms with van der Waals surface area (Å²) in [5.41, 5.74) is 2.02. The van der Waals surface area contributed by atoms with Crippen LogP contribution >= 0.6 is 15.9 Å². The lowest BCUT2D eigenvalue weighted by molar-refractivity contribution is 0.408. The van der Waals surface area contributed by atoms with Gasteiger partial charge in [-0.3, -0.25) is 0 Å². The largest absolute Gasteiger partial charge is 0.435 e. The normalized spacial score (nSPS) is 11.1. The van der Waals surface area contributed by atoms with Crippen molar-refractivity contribution in [1.82, 2.24) is 14.6 Å². The first kappa shape index (κ1) is 13.9. The van der Waals surface area contributed by atoms with E-state index in [2.05, 4.69) is 26.0 Å². The Morgan fingerprint density at radius 1 is 1.19 bits per heavy atom. The van der Waals surface area contributed by atoms with Crippen LogP contribution in [0.15, 0.2) is 28.7 Å². The van der Waals surface area contributed by atoms with Gasteiger partial charge in [0.15, 0.2) is 17.2 Å². The van der Waals surface area contributed by atoms with Gasteiger partial charge in [-0.25, -0.2) is 13.8 Å². The van der Waals surface area contributed by atoms with Gasteiger partial charge < -0.3 is 4.74 Å². The Kier molecular flexibility index (Phi) is 3.36. The van der Waals surface area contributed by atoms with Crippen LogP contribution in [0.1, 0.15) is 11.4 Å². The first-order chi connectivity index (χ1) is 9.95. The molecule has 0 fully saturated rings. The second-order valence-corrected chi connectivity index (χ2v) is 5.34. The van der Waals surface area contributed by atoms with Gasteiger partial charge in [0.25, 0.3) is 0 Å². The van der Waals surface area contributed by atoms with E-state index in [-0.39, 0.29) is 11.6 Å². The summed E-state index contributed by atoms with van der Waals surface area (Å²) in [6.45, 7) is 3.61. The van der Waals surface area contributed by atoms with Crippen LogP contribution in [0.3, 0.4) is 0 Å². The first-order valence-corrected chi connectivity index (χ1v) is 6.90. The van der Waals surface area contributed by atoms with Gasteiger partial charge in [0.2, 0.25) is 5.88 Å². The van der Waals surface area contributed by atoms with E-state index >= 15 is 0 Å². The predicted octanol–water partition coefficient (Wildman–Crippen LogP) is 4.18. The molecule has 2 heterocycles. The molecule has 2 aromatic heterocycles. The summed E-state index contributed by atoms with van der Waals surface area (Å²) in [6, 6.07) is 4.91. The van der Waals surface area contributed by atoms with Gasteiger partial charge in [-0.1, -0.05) is 0 Å². The molecule has 21 heavy (non-hydrogen) atoms. The molecule has 0 radical (unpaired) electrons. The maximum atomic E-state index is 13.7. The van der Waals surface area contributed by atoms with Gasteiger partial charge in [0.05, 0.1) is 11.4 Å². The molecule has 0 N–H and O–H groups in total. The summed E-state index contributed by atoms with van der Waals surface area (Å²) in [6.07, 6.45) is 0. The molecule has 0 aliphatic rings. The lowest BCUT2D eigenvalue weighted by Crippen LogP contribution is -2.02. The molecule has 1 aromatic carbocycles. The number of hydrogen-bond donors (Lipinski definition) is 0. The molecule has 0 amide bonds. The van der Waals surface area contributed by atoms with Gasteiger partial charge >= 0.3 is 0 Å². The van der Waals surface area contributed by atoms with Crippen LogP contribution in [-0.4, -0.2) is 14.6 Å². The highest BCUT2D eigenvalue weighted by Crippen LogP contribution is 2.33. The van der Waals surface area contributed by atoms with E-state index in [1.54, 1.807) is 13.0 Å². The maximum Gasteiger partial charge on any atom is 0.238 e. The summed E-state index contributed by atoms with van der Waals surface area (Å²) in [5, 5.41) is 4.26. The first-order valence-electron chi connectivity index (χ1n) is 6.11. The van der Waals surface area contributed by atoms with Crippen LogP contribution in [0.4, 0.5) is 8.78 Å². The Morgan fingerprint density at radius 2 is 1.95 bits per heavy atom. The minimum atomic E-state index is -0.784. The van der Waals surface area contributed by atoms with Crippen LogP contribution in [0, 0.1) is 25.5 Å². The molecular formula is C14H10BrF2N3O. The zero-order chi connectivity index (χ0) is 15.1. The van der Waals surface area contributed by atoms with E-state index in [1.165, 1.54) is 10.6 Å². The highest BCUT2D eigenvalue weighted by molar-refractivity contribution is 9.10. The van der Waals surface area contributed by atoms with Crippen molar-refractivity contribution in [3.8, 4) is 11.6 Å². The van der Waals surface area contributed by atoms with E-state index in [0.717, 1.165) is 17.8 Å². The molecule has 108 valence electrons. The van der Waals surface area contributed by atoms with E-state index in [1.807, 2.05) is 6.92 Å². The van der Waals surface area contributed by atoms with Gasteiger partial charge in [-0.15, -0.1) is 0 Å². The smallest absolute Gasteiger partial charge is 0.238 e. The van der Waals surface area contributed by atoms with Crippen LogP contribution in [-0.2, 0) is 0 Å². The zero-order valence-corrected chi connectivity index (χ0v) is 12.8. The molecule has 0 bridgehead atoms. The average molecular weight is 354 g/mol. The van der Waals surface area contributed by atoms with E-state index < -0.39 is 11.6 Å². The Bertz CT molecular complexity index is 848. The number of rotatable bonds is 2. The van der Waals surface area contributed by atoms with Crippen molar-refractivity contribution >= 4 is 21.6 Å². The minimum Gasteiger partial charge on any atom is -0.435 e. The van der Waals surface area contributed by atoms with Crippen LogP contribution in [0.5, 0.6) is 11.6 Å². The van der Waals surface area contributed by atoms with Crippen LogP contribution in [0.2, 0.25) is 0 Å². The number of aromatic nitrogens is 3. The van der Waals surface area contributed by atoms with Crippen molar-refractivity contribution in [2.45, 2.75) is 13.8 Å². The molecule has 0 spiro atoms. The fourth-order valence-electron chi connectivity index (χ4n) is 1.93. The Balaban J connectivity index is 2.17. The maximum absolute atomic E-state index is 13.7. The molecule has 0 aliphatic carbocycles. The van der Waals surface area contributed by atoms with E-state index in [9.17, 15) is 8.78 Å². The summed E-state index contributed by atoms with van der Waals surface area (Å²) in [5.74, 6) is -1.24. The molecule has 7 heteroatoms. The second-order valence-electron chi connectivity index (χ2n) is 4.55. The molecule has 0 saturated carbocycles. The molecule has 0 unspecified atom stereocenters. The number of halogens is 3. The number of hydrogen-bond acceptors (Lipinski definition) is 3. The predicted molar refractivity (Wildman–Crippen MR) is 76.6 cm³/mol. The Morgan fingerprint density at radius 3 is 2.67 bits per heavy atom. The number of fused-ring (bicyclic) bond motifs is 1. The lowest BCUT2D eigenvalue weighted by atomic mass is 10.3. The lowest BCUT2D eigenvalue weighted by Gasteiger charge is -2.11. The quantitative estimate of drug-likeness (QED) is 0.693. The van der Waals surface area contributed by atoms with Gasteiger partial charge in [-0.2, -0.15) is 9.61 Å². The van der Waals surface area contributed by atoms with Crippen LogP contribution in [0.25, 0.3) is 5.65 Å². The van der Waals surface area contributed by atoms with Crippen molar-refractivity contribution < 1.29 is 13.5 Å². The standard InChI is InChI=1S/C14H10BrF2N3O/c1-7-5-12-18-8(2)13(15)14(20(12)19-7)21-11-4-3-9(16)6-10(11)17/h3-6H,1-2H3. The summed E-state index contributed by atoms with van der Waals surface area (Å²) in [4.78, 5) is 4.35. The second kappa shape index (κ2) is 5.07. The van der Waals surface area contributed by atoms with Crippen LogP contribution < -0.4 is 4.74 Å². The van der Waals surface area contributed by atoms with Crippen molar-refractivity contribution in [2.75, 3.05) is 0 Å². The third-order valence-electron chi connectivity index (χ3n) is 2.89. The molecule has 0 atom stereocenters. The van der Waals surface area contributed by atoms with Crippen molar-refractivity contribution in [2.24, 2.45) is 0 Å². The SMILES string of the molecule is Cc1cc2nc(C)c(Br)c(Oc3ccc(F)cc3F)n2n1. The molecule has 3 aromatic rings. The van der Waals surface area contributed by atoms with Gasteiger partial charge in [0, 0.05) is 12.1 Å². The van der Waals surface area contributed by atoms with E-state index in [0.29, 0.717) is 15.8 Å². The fraction of sp³-hybridized carbons (Fsp3) is 0.143. The zero-order valence-electron chi connectivity index (χ0n) is 11.2. The molecular weight excluding hydrogens is 344 g/mol. The highest BCUT2D eigenvalue weighted by atomic mass is 79.9.